The van der Waals surface area contributed by atoms with Crippen LogP contribution in [0.5, 0.6) is 0 Å². The van der Waals surface area contributed by atoms with Gasteiger partial charge in [0, 0.05) is 31.2 Å². The molecule has 0 bridgehead atoms. The normalized spacial score (nSPS) is 15.2. The summed E-state index contributed by atoms with van der Waals surface area (Å²) in [4.78, 5) is 15.2. The van der Waals surface area contributed by atoms with Gasteiger partial charge in [-0.25, -0.2) is 0 Å². The van der Waals surface area contributed by atoms with Crippen LogP contribution in [0.25, 0.3) is 10.2 Å². The molecular weight excluding hydrogens is 394 g/mol. The minimum Gasteiger partial charge on any atom is -0.379 e. The first kappa shape index (κ1) is 19.5. The molecule has 5 nitrogen and oxygen atoms in total. The van der Waals surface area contributed by atoms with Gasteiger partial charge in [0.05, 0.1) is 23.4 Å². The largest absolute Gasteiger partial charge is 0.379 e. The zero-order chi connectivity index (χ0) is 19.3. The molecule has 1 aliphatic rings. The van der Waals surface area contributed by atoms with E-state index in [9.17, 15) is 4.79 Å². The van der Waals surface area contributed by atoms with Crippen molar-refractivity contribution in [3.63, 3.8) is 0 Å². The first-order valence-corrected chi connectivity index (χ1v) is 10.9. The van der Waals surface area contributed by atoms with E-state index in [4.69, 9.17) is 16.3 Å². The Morgan fingerprint density at radius 2 is 2.04 bits per heavy atom. The third kappa shape index (κ3) is 4.41. The molecule has 0 spiro atoms. The Labute approximate surface area is 173 Å². The zero-order valence-electron chi connectivity index (χ0n) is 15.7. The van der Waals surface area contributed by atoms with Crippen molar-refractivity contribution in [3.05, 3.63) is 58.1 Å². The van der Waals surface area contributed by atoms with Crippen molar-refractivity contribution >= 4 is 39.1 Å². The Bertz CT molecular complexity index is 946. The minimum atomic E-state index is -0.0302. The number of hydrogen-bond donors (Lipinski definition) is 1. The quantitative estimate of drug-likeness (QED) is 0.594. The van der Waals surface area contributed by atoms with Crippen LogP contribution in [0, 0.1) is 0 Å². The van der Waals surface area contributed by atoms with Crippen LogP contribution in [0.15, 0.2) is 41.8 Å². The van der Waals surface area contributed by atoms with Gasteiger partial charge in [-0.1, -0.05) is 29.8 Å². The van der Waals surface area contributed by atoms with E-state index in [0.717, 1.165) is 60.1 Å². The SMILES string of the molecule is O=C(NCCCN1CCOCC1)c1cc2sccc2n1Cc1ccccc1Cl. The molecule has 0 aliphatic carbocycles. The summed E-state index contributed by atoms with van der Waals surface area (Å²) in [6, 6.07) is 11.8. The van der Waals surface area contributed by atoms with Crippen LogP contribution in [-0.2, 0) is 11.3 Å². The number of benzene rings is 1. The number of amides is 1. The van der Waals surface area contributed by atoms with E-state index in [1.807, 2.05) is 30.3 Å². The average molecular weight is 418 g/mol. The third-order valence-electron chi connectivity index (χ3n) is 5.08. The Balaban J connectivity index is 1.43. The fourth-order valence-electron chi connectivity index (χ4n) is 3.55. The van der Waals surface area contributed by atoms with E-state index in [1.165, 1.54) is 0 Å². The predicted octanol–water partition coefficient (Wildman–Crippen LogP) is 3.86. The number of carbonyl (C=O) groups is 1. The first-order chi connectivity index (χ1) is 13.7. The summed E-state index contributed by atoms with van der Waals surface area (Å²) in [7, 11) is 0. The summed E-state index contributed by atoms with van der Waals surface area (Å²) in [5, 5.41) is 5.86. The van der Waals surface area contributed by atoms with Crippen molar-refractivity contribution in [2.75, 3.05) is 39.4 Å². The number of morpholine rings is 1. The van der Waals surface area contributed by atoms with Gasteiger partial charge in [-0.2, -0.15) is 0 Å². The van der Waals surface area contributed by atoms with E-state index < -0.39 is 0 Å². The van der Waals surface area contributed by atoms with Crippen LogP contribution in [0.3, 0.4) is 0 Å². The molecule has 0 unspecified atom stereocenters. The van der Waals surface area contributed by atoms with Crippen molar-refractivity contribution in [2.45, 2.75) is 13.0 Å². The van der Waals surface area contributed by atoms with E-state index in [2.05, 4.69) is 26.2 Å². The van der Waals surface area contributed by atoms with Crippen LogP contribution >= 0.6 is 22.9 Å². The molecule has 7 heteroatoms. The molecule has 0 atom stereocenters. The second-order valence-corrected chi connectivity index (χ2v) is 8.30. The topological polar surface area (TPSA) is 46.5 Å². The number of thiophene rings is 1. The van der Waals surface area contributed by atoms with Gasteiger partial charge < -0.3 is 14.6 Å². The summed E-state index contributed by atoms with van der Waals surface area (Å²) in [5.74, 6) is -0.0302. The molecule has 4 rings (SSSR count). The maximum absolute atomic E-state index is 12.9. The fraction of sp³-hybridized carbons (Fsp3) is 0.381. The van der Waals surface area contributed by atoms with Crippen LogP contribution in [0.2, 0.25) is 5.02 Å². The number of ether oxygens (including phenoxy) is 1. The maximum Gasteiger partial charge on any atom is 0.267 e. The van der Waals surface area contributed by atoms with E-state index in [-0.39, 0.29) is 5.91 Å². The van der Waals surface area contributed by atoms with Gasteiger partial charge in [0.25, 0.3) is 5.91 Å². The number of fused-ring (bicyclic) bond motifs is 1. The van der Waals surface area contributed by atoms with Crippen molar-refractivity contribution in [2.24, 2.45) is 0 Å². The second kappa shape index (κ2) is 9.09. The molecule has 28 heavy (non-hydrogen) atoms. The van der Waals surface area contributed by atoms with Gasteiger partial charge in [-0.15, -0.1) is 11.3 Å². The fourth-order valence-corrected chi connectivity index (χ4v) is 4.57. The smallest absolute Gasteiger partial charge is 0.267 e. The molecule has 1 saturated heterocycles. The summed E-state index contributed by atoms with van der Waals surface area (Å²) < 4.78 is 8.55. The Morgan fingerprint density at radius 3 is 2.86 bits per heavy atom. The zero-order valence-corrected chi connectivity index (χ0v) is 17.3. The summed E-state index contributed by atoms with van der Waals surface area (Å²) >= 11 is 8.00. The lowest BCUT2D eigenvalue weighted by atomic mass is 10.2. The van der Waals surface area contributed by atoms with Gasteiger partial charge in [-0.05, 0) is 42.1 Å². The lowest BCUT2D eigenvalue weighted by Crippen LogP contribution is -2.38. The van der Waals surface area contributed by atoms with Crippen LogP contribution in [-0.4, -0.2) is 54.8 Å². The monoisotopic (exact) mass is 417 g/mol. The van der Waals surface area contributed by atoms with Crippen LogP contribution in [0.1, 0.15) is 22.5 Å². The highest BCUT2D eigenvalue weighted by Crippen LogP contribution is 2.27. The lowest BCUT2D eigenvalue weighted by Gasteiger charge is -2.26. The van der Waals surface area contributed by atoms with Gasteiger partial charge in [-0.3, -0.25) is 9.69 Å². The molecule has 0 radical (unpaired) electrons. The highest BCUT2D eigenvalue weighted by Gasteiger charge is 2.17. The van der Waals surface area contributed by atoms with E-state index in [1.54, 1.807) is 11.3 Å². The molecule has 1 amide bonds. The number of nitrogens with one attached hydrogen (secondary N) is 1. The molecule has 1 aliphatic heterocycles. The molecular formula is C21H24ClN3O2S. The summed E-state index contributed by atoms with van der Waals surface area (Å²) in [6.07, 6.45) is 0.936. The van der Waals surface area contributed by atoms with Crippen LogP contribution in [0.4, 0.5) is 0 Å². The third-order valence-corrected chi connectivity index (χ3v) is 6.30. The summed E-state index contributed by atoms with van der Waals surface area (Å²) in [5.41, 5.74) is 2.77. The van der Waals surface area contributed by atoms with Gasteiger partial charge in [0.15, 0.2) is 0 Å². The molecule has 1 fully saturated rings. The van der Waals surface area contributed by atoms with Crippen molar-refractivity contribution in [3.8, 4) is 0 Å². The Hall–Kier alpha value is -1.86. The van der Waals surface area contributed by atoms with Crippen molar-refractivity contribution in [1.82, 2.24) is 14.8 Å². The summed E-state index contributed by atoms with van der Waals surface area (Å²) in [6.45, 7) is 5.80. The number of carbonyl (C=O) groups excluding carboxylic acids is 1. The van der Waals surface area contributed by atoms with E-state index >= 15 is 0 Å². The van der Waals surface area contributed by atoms with Gasteiger partial charge >= 0.3 is 0 Å². The number of aromatic nitrogens is 1. The standard InChI is InChI=1S/C21H24ClN3O2S/c22-17-5-2-1-4-16(17)15-25-18-6-13-28-20(18)14-19(25)21(26)23-7-3-8-24-9-11-27-12-10-24/h1-2,4-6,13-14H,3,7-12,15H2,(H,23,26). The number of hydrogen-bond acceptors (Lipinski definition) is 4. The highest BCUT2D eigenvalue weighted by atomic mass is 35.5. The number of nitrogens with zero attached hydrogens (tertiary/aromatic N) is 2. The van der Waals surface area contributed by atoms with Crippen molar-refractivity contribution in [1.29, 1.82) is 0 Å². The number of halogens is 1. The molecule has 0 saturated carbocycles. The molecule has 3 heterocycles. The van der Waals surface area contributed by atoms with Gasteiger partial charge in [0.1, 0.15) is 5.69 Å². The van der Waals surface area contributed by atoms with Crippen LogP contribution < -0.4 is 5.32 Å². The molecule has 1 aromatic carbocycles. The maximum atomic E-state index is 12.9. The molecule has 148 valence electrons. The van der Waals surface area contributed by atoms with Crippen molar-refractivity contribution < 1.29 is 9.53 Å². The number of rotatable bonds is 7. The van der Waals surface area contributed by atoms with E-state index in [0.29, 0.717) is 18.8 Å². The highest BCUT2D eigenvalue weighted by molar-refractivity contribution is 7.17. The Morgan fingerprint density at radius 1 is 1.21 bits per heavy atom. The minimum absolute atomic E-state index is 0.0302. The molecule has 3 aromatic rings. The van der Waals surface area contributed by atoms with Gasteiger partial charge in [0.2, 0.25) is 0 Å². The second-order valence-electron chi connectivity index (χ2n) is 6.94. The lowest BCUT2D eigenvalue weighted by molar-refractivity contribution is 0.0374. The first-order valence-electron chi connectivity index (χ1n) is 9.61. The predicted molar refractivity (Wildman–Crippen MR) is 115 cm³/mol. The average Bonchev–Trinajstić information content (AvgIpc) is 3.30. The Kier molecular flexibility index (Phi) is 6.32. The molecule has 1 N–H and O–H groups in total. The molecule has 2 aromatic heterocycles.